The first kappa shape index (κ1) is 17.0. The standard InChI is InChI=1S/C18H23N3O2/c1-13(20-10-8-15-9-11-21-17(22)12-15)2-3-14-4-6-16(7-5-14)18(19)23/h4-7,9,11-13,20H,2-3,8,10H2,1H3,(H2,19,23)(H,21,22)/t13-/m1/s1. The van der Waals surface area contributed by atoms with E-state index in [1.54, 1.807) is 24.4 Å². The Morgan fingerprint density at radius 1 is 1.17 bits per heavy atom. The van der Waals surface area contributed by atoms with Crippen LogP contribution in [0.25, 0.3) is 0 Å². The molecule has 0 unspecified atom stereocenters. The Morgan fingerprint density at radius 3 is 2.57 bits per heavy atom. The Bertz CT molecular complexity index is 692. The number of hydrogen-bond donors (Lipinski definition) is 3. The smallest absolute Gasteiger partial charge is 0.248 e. The number of benzene rings is 1. The van der Waals surface area contributed by atoms with E-state index in [1.807, 2.05) is 18.2 Å². The summed E-state index contributed by atoms with van der Waals surface area (Å²) in [5.74, 6) is -0.397. The molecule has 0 aliphatic rings. The number of aromatic nitrogens is 1. The van der Waals surface area contributed by atoms with Crippen molar-refractivity contribution in [3.8, 4) is 0 Å². The number of rotatable bonds is 8. The van der Waals surface area contributed by atoms with E-state index in [-0.39, 0.29) is 5.56 Å². The third kappa shape index (κ3) is 5.71. The minimum Gasteiger partial charge on any atom is -0.366 e. The van der Waals surface area contributed by atoms with Crippen molar-refractivity contribution in [3.63, 3.8) is 0 Å². The molecule has 4 N–H and O–H groups in total. The number of carbonyl (C=O) groups is 1. The highest BCUT2D eigenvalue weighted by Crippen LogP contribution is 2.08. The molecular formula is C18H23N3O2. The number of carbonyl (C=O) groups excluding carboxylic acids is 1. The van der Waals surface area contributed by atoms with Crippen LogP contribution in [0.5, 0.6) is 0 Å². The molecule has 0 aliphatic heterocycles. The van der Waals surface area contributed by atoms with Crippen LogP contribution in [-0.2, 0) is 12.8 Å². The van der Waals surface area contributed by atoms with E-state index in [9.17, 15) is 9.59 Å². The molecule has 1 atom stereocenters. The normalized spacial score (nSPS) is 12.0. The van der Waals surface area contributed by atoms with Gasteiger partial charge in [-0.05, 0) is 62.1 Å². The molecule has 1 heterocycles. The summed E-state index contributed by atoms with van der Waals surface area (Å²) in [5, 5.41) is 3.46. The molecular weight excluding hydrogens is 290 g/mol. The molecule has 0 aliphatic carbocycles. The summed E-state index contributed by atoms with van der Waals surface area (Å²) < 4.78 is 0. The fourth-order valence-electron chi connectivity index (χ4n) is 2.43. The molecule has 0 saturated heterocycles. The van der Waals surface area contributed by atoms with Gasteiger partial charge in [0.25, 0.3) is 0 Å². The summed E-state index contributed by atoms with van der Waals surface area (Å²) in [7, 11) is 0. The highest BCUT2D eigenvalue weighted by Gasteiger charge is 2.04. The van der Waals surface area contributed by atoms with Crippen LogP contribution in [0.3, 0.4) is 0 Å². The van der Waals surface area contributed by atoms with Crippen LogP contribution in [0, 0.1) is 0 Å². The van der Waals surface area contributed by atoms with Gasteiger partial charge in [0.1, 0.15) is 0 Å². The molecule has 0 bridgehead atoms. The molecule has 2 rings (SSSR count). The van der Waals surface area contributed by atoms with Crippen LogP contribution in [0.1, 0.15) is 34.8 Å². The highest BCUT2D eigenvalue weighted by molar-refractivity contribution is 5.92. The molecule has 0 spiro atoms. The van der Waals surface area contributed by atoms with Gasteiger partial charge in [-0.25, -0.2) is 0 Å². The first-order valence-electron chi connectivity index (χ1n) is 7.84. The predicted molar refractivity (Wildman–Crippen MR) is 91.5 cm³/mol. The minimum atomic E-state index is -0.397. The van der Waals surface area contributed by atoms with Gasteiger partial charge in [-0.3, -0.25) is 9.59 Å². The summed E-state index contributed by atoms with van der Waals surface area (Å²) in [6.07, 6.45) is 4.46. The van der Waals surface area contributed by atoms with Crippen molar-refractivity contribution in [3.05, 3.63) is 69.6 Å². The van der Waals surface area contributed by atoms with Crippen molar-refractivity contribution in [1.82, 2.24) is 10.3 Å². The molecule has 1 aromatic carbocycles. The van der Waals surface area contributed by atoms with Gasteiger partial charge in [0.15, 0.2) is 0 Å². The summed E-state index contributed by atoms with van der Waals surface area (Å²) in [6, 6.07) is 11.4. The quantitative estimate of drug-likeness (QED) is 0.692. The largest absolute Gasteiger partial charge is 0.366 e. The number of nitrogens with two attached hydrogens (primary N) is 1. The third-order valence-corrected chi connectivity index (χ3v) is 3.85. The molecule has 23 heavy (non-hydrogen) atoms. The molecule has 0 saturated carbocycles. The number of amides is 1. The van der Waals surface area contributed by atoms with Gasteiger partial charge in [0.2, 0.25) is 11.5 Å². The first-order valence-corrected chi connectivity index (χ1v) is 7.84. The summed E-state index contributed by atoms with van der Waals surface area (Å²) in [4.78, 5) is 24.8. The van der Waals surface area contributed by atoms with Gasteiger partial charge in [0, 0.05) is 23.9 Å². The first-order chi connectivity index (χ1) is 11.0. The second-order valence-electron chi connectivity index (χ2n) is 5.77. The molecule has 5 heteroatoms. The predicted octanol–water partition coefficient (Wildman–Crippen LogP) is 1.63. The number of hydrogen-bond acceptors (Lipinski definition) is 3. The van der Waals surface area contributed by atoms with Crippen LogP contribution < -0.4 is 16.6 Å². The van der Waals surface area contributed by atoms with Crippen LogP contribution in [0.4, 0.5) is 0 Å². The van der Waals surface area contributed by atoms with Crippen molar-refractivity contribution in [2.75, 3.05) is 6.54 Å². The number of pyridine rings is 1. The van der Waals surface area contributed by atoms with E-state index in [4.69, 9.17) is 5.73 Å². The van der Waals surface area contributed by atoms with Crippen molar-refractivity contribution in [2.24, 2.45) is 5.73 Å². The second kappa shape index (κ2) is 8.29. The maximum Gasteiger partial charge on any atom is 0.248 e. The lowest BCUT2D eigenvalue weighted by Gasteiger charge is -2.14. The van der Waals surface area contributed by atoms with Crippen LogP contribution in [-0.4, -0.2) is 23.5 Å². The zero-order chi connectivity index (χ0) is 16.7. The van der Waals surface area contributed by atoms with Crippen molar-refractivity contribution in [1.29, 1.82) is 0 Å². The topological polar surface area (TPSA) is 88.0 Å². The fraction of sp³-hybridized carbons (Fsp3) is 0.333. The van der Waals surface area contributed by atoms with Gasteiger partial charge in [0.05, 0.1) is 0 Å². The molecule has 0 radical (unpaired) electrons. The lowest BCUT2D eigenvalue weighted by molar-refractivity contribution is 0.100. The van der Waals surface area contributed by atoms with E-state index in [1.165, 1.54) is 5.56 Å². The minimum absolute atomic E-state index is 0.0602. The number of primary amides is 1. The van der Waals surface area contributed by atoms with E-state index < -0.39 is 5.91 Å². The molecule has 1 amide bonds. The number of aryl methyl sites for hydroxylation is 1. The Labute approximate surface area is 135 Å². The SMILES string of the molecule is C[C@H](CCc1ccc(C(N)=O)cc1)NCCc1cc[nH]c(=O)c1. The Morgan fingerprint density at radius 2 is 1.91 bits per heavy atom. The van der Waals surface area contributed by atoms with Gasteiger partial charge in [-0.1, -0.05) is 12.1 Å². The Kier molecular flexibility index (Phi) is 6.11. The van der Waals surface area contributed by atoms with Gasteiger partial charge >= 0.3 is 0 Å². The molecule has 2 aromatic rings. The monoisotopic (exact) mass is 313 g/mol. The van der Waals surface area contributed by atoms with Gasteiger partial charge in [-0.2, -0.15) is 0 Å². The van der Waals surface area contributed by atoms with Crippen LogP contribution in [0.2, 0.25) is 0 Å². The molecule has 122 valence electrons. The fourth-order valence-corrected chi connectivity index (χ4v) is 2.43. The van der Waals surface area contributed by atoms with Crippen molar-refractivity contribution >= 4 is 5.91 Å². The molecule has 1 aromatic heterocycles. The Hall–Kier alpha value is -2.40. The summed E-state index contributed by atoms with van der Waals surface area (Å²) in [5.41, 5.74) is 7.94. The van der Waals surface area contributed by atoms with Crippen molar-refractivity contribution in [2.45, 2.75) is 32.2 Å². The van der Waals surface area contributed by atoms with E-state index in [2.05, 4.69) is 17.2 Å². The number of aromatic amines is 1. The zero-order valence-electron chi connectivity index (χ0n) is 13.3. The highest BCUT2D eigenvalue weighted by atomic mass is 16.1. The number of nitrogens with one attached hydrogen (secondary N) is 2. The van der Waals surface area contributed by atoms with E-state index in [0.717, 1.165) is 31.4 Å². The third-order valence-electron chi connectivity index (χ3n) is 3.85. The van der Waals surface area contributed by atoms with Crippen molar-refractivity contribution < 1.29 is 4.79 Å². The van der Waals surface area contributed by atoms with Crippen LogP contribution >= 0.6 is 0 Å². The van der Waals surface area contributed by atoms with Gasteiger partial charge in [-0.15, -0.1) is 0 Å². The summed E-state index contributed by atoms with van der Waals surface area (Å²) in [6.45, 7) is 2.99. The Balaban J connectivity index is 1.71. The van der Waals surface area contributed by atoms with E-state index in [0.29, 0.717) is 11.6 Å². The summed E-state index contributed by atoms with van der Waals surface area (Å²) >= 11 is 0. The average molecular weight is 313 g/mol. The van der Waals surface area contributed by atoms with E-state index >= 15 is 0 Å². The number of H-pyrrole nitrogens is 1. The maximum atomic E-state index is 11.2. The second-order valence-corrected chi connectivity index (χ2v) is 5.77. The zero-order valence-corrected chi connectivity index (χ0v) is 13.3. The lowest BCUT2D eigenvalue weighted by Crippen LogP contribution is -2.28. The lowest BCUT2D eigenvalue weighted by atomic mass is 10.0. The maximum absolute atomic E-state index is 11.2. The molecule has 0 fully saturated rings. The average Bonchev–Trinajstić information content (AvgIpc) is 2.53. The van der Waals surface area contributed by atoms with Gasteiger partial charge < -0.3 is 16.0 Å². The van der Waals surface area contributed by atoms with Crippen LogP contribution in [0.15, 0.2) is 47.4 Å². The molecule has 5 nitrogen and oxygen atoms in total.